The second-order valence-corrected chi connectivity index (χ2v) is 3.13. The van der Waals surface area contributed by atoms with Crippen molar-refractivity contribution in [3.63, 3.8) is 0 Å². The van der Waals surface area contributed by atoms with Crippen molar-refractivity contribution in [2.24, 2.45) is 0 Å². The molecule has 0 bridgehead atoms. The zero-order valence-corrected chi connectivity index (χ0v) is 11.0. The van der Waals surface area contributed by atoms with Crippen LogP contribution in [0.2, 0.25) is 10.0 Å². The van der Waals surface area contributed by atoms with Crippen LogP contribution in [0.1, 0.15) is 10.4 Å². The monoisotopic (exact) mass is 238 g/mol. The molecular formula is C9H5Cl2NaO2. The van der Waals surface area contributed by atoms with Crippen LogP contribution in [-0.2, 0) is 0 Å². The Balaban J connectivity index is 0.00000169. The van der Waals surface area contributed by atoms with Crippen molar-refractivity contribution < 1.29 is 39.5 Å². The van der Waals surface area contributed by atoms with Gasteiger partial charge in [0.15, 0.2) is 5.78 Å². The minimum atomic E-state index is -0.442. The summed E-state index contributed by atoms with van der Waals surface area (Å²) < 4.78 is 0. The van der Waals surface area contributed by atoms with E-state index in [0.29, 0.717) is 11.3 Å². The Morgan fingerprint density at radius 1 is 1.36 bits per heavy atom. The van der Waals surface area contributed by atoms with E-state index in [4.69, 9.17) is 23.2 Å². The van der Waals surface area contributed by atoms with Gasteiger partial charge in [-0.05, 0) is 24.3 Å². The van der Waals surface area contributed by atoms with Crippen molar-refractivity contribution in [3.8, 4) is 0 Å². The van der Waals surface area contributed by atoms with Gasteiger partial charge in [0.05, 0.1) is 5.02 Å². The molecule has 0 N–H and O–H groups in total. The molecule has 0 aliphatic carbocycles. The SMILES string of the molecule is O=C(C=C[O-])c1cc(Cl)ccc1Cl.[Na+]. The number of hydrogen-bond acceptors (Lipinski definition) is 2. The van der Waals surface area contributed by atoms with E-state index in [0.717, 1.165) is 6.08 Å². The average Bonchev–Trinajstić information content (AvgIpc) is 2.09. The van der Waals surface area contributed by atoms with Crippen LogP contribution in [0.4, 0.5) is 0 Å². The minimum absolute atomic E-state index is 0. The van der Waals surface area contributed by atoms with Crippen LogP contribution in [0.3, 0.4) is 0 Å². The van der Waals surface area contributed by atoms with Crippen LogP contribution in [0.5, 0.6) is 0 Å². The van der Waals surface area contributed by atoms with Gasteiger partial charge in [0.25, 0.3) is 0 Å². The van der Waals surface area contributed by atoms with Crippen LogP contribution in [0, 0.1) is 0 Å². The first kappa shape index (κ1) is 14.0. The maximum absolute atomic E-state index is 11.2. The summed E-state index contributed by atoms with van der Waals surface area (Å²) in [5.74, 6) is -0.442. The Bertz CT molecular complexity index is 364. The molecule has 2 nitrogen and oxygen atoms in total. The summed E-state index contributed by atoms with van der Waals surface area (Å²) in [5.41, 5.74) is 0.237. The molecule has 1 aromatic carbocycles. The third-order valence-corrected chi connectivity index (χ3v) is 1.98. The quantitative estimate of drug-likeness (QED) is 0.289. The van der Waals surface area contributed by atoms with Crippen LogP contribution >= 0.6 is 23.2 Å². The molecule has 1 aromatic rings. The van der Waals surface area contributed by atoms with E-state index in [1.54, 1.807) is 6.07 Å². The third-order valence-electron chi connectivity index (χ3n) is 1.41. The number of rotatable bonds is 2. The molecular weight excluding hydrogens is 234 g/mol. The molecule has 0 radical (unpaired) electrons. The van der Waals surface area contributed by atoms with Crippen molar-refractivity contribution in [3.05, 3.63) is 46.1 Å². The van der Waals surface area contributed by atoms with E-state index in [1.807, 2.05) is 0 Å². The Hall–Kier alpha value is 0.0100. The zero-order chi connectivity index (χ0) is 9.84. The van der Waals surface area contributed by atoms with Crippen molar-refractivity contribution in [1.29, 1.82) is 0 Å². The summed E-state index contributed by atoms with van der Waals surface area (Å²) in [6, 6.07) is 4.50. The van der Waals surface area contributed by atoms with Crippen LogP contribution in [0.25, 0.3) is 0 Å². The fraction of sp³-hybridized carbons (Fsp3) is 0. The van der Waals surface area contributed by atoms with Gasteiger partial charge in [-0.3, -0.25) is 4.79 Å². The summed E-state index contributed by atoms with van der Waals surface area (Å²) in [6.45, 7) is 0. The molecule has 0 amide bonds. The molecule has 0 atom stereocenters. The van der Waals surface area contributed by atoms with Gasteiger partial charge in [0.1, 0.15) is 0 Å². The first-order valence-electron chi connectivity index (χ1n) is 3.43. The fourth-order valence-corrected chi connectivity index (χ4v) is 1.22. The van der Waals surface area contributed by atoms with Crippen molar-refractivity contribution in [2.75, 3.05) is 0 Å². The normalized spacial score (nSPS) is 9.86. The first-order chi connectivity index (χ1) is 6.15. The van der Waals surface area contributed by atoms with Gasteiger partial charge >= 0.3 is 29.6 Å². The summed E-state index contributed by atoms with van der Waals surface area (Å²) in [6.07, 6.45) is 1.32. The third kappa shape index (κ3) is 3.64. The van der Waals surface area contributed by atoms with E-state index >= 15 is 0 Å². The van der Waals surface area contributed by atoms with E-state index < -0.39 is 5.78 Å². The Kier molecular flexibility index (Phi) is 6.49. The molecule has 0 unspecified atom stereocenters. The van der Waals surface area contributed by atoms with Gasteiger partial charge in [-0.1, -0.05) is 23.2 Å². The number of ketones is 1. The van der Waals surface area contributed by atoms with E-state index in [1.165, 1.54) is 12.1 Å². The second kappa shape index (κ2) is 6.49. The van der Waals surface area contributed by atoms with Gasteiger partial charge in [-0.25, -0.2) is 0 Å². The van der Waals surface area contributed by atoms with Gasteiger partial charge < -0.3 is 5.11 Å². The Morgan fingerprint density at radius 3 is 2.57 bits per heavy atom. The fourth-order valence-electron chi connectivity index (χ4n) is 0.838. The number of benzene rings is 1. The summed E-state index contributed by atoms with van der Waals surface area (Å²) >= 11 is 11.4. The molecule has 0 saturated heterocycles. The molecule has 0 aliphatic heterocycles. The number of hydrogen-bond donors (Lipinski definition) is 0. The molecule has 0 aromatic heterocycles. The van der Waals surface area contributed by atoms with Crippen molar-refractivity contribution in [1.82, 2.24) is 0 Å². The van der Waals surface area contributed by atoms with Crippen LogP contribution in [-0.4, -0.2) is 5.78 Å². The predicted octanol–water partition coefficient (Wildman–Crippen LogP) is -0.946. The number of allylic oxidation sites excluding steroid dienone is 1. The molecule has 14 heavy (non-hydrogen) atoms. The molecule has 1 rings (SSSR count). The number of carbonyl (C=O) groups is 1. The van der Waals surface area contributed by atoms with Crippen LogP contribution < -0.4 is 34.7 Å². The van der Waals surface area contributed by atoms with E-state index in [-0.39, 0.29) is 40.1 Å². The zero-order valence-electron chi connectivity index (χ0n) is 7.46. The van der Waals surface area contributed by atoms with E-state index in [9.17, 15) is 9.90 Å². The molecule has 0 aliphatic rings. The largest absolute Gasteiger partial charge is 1.00 e. The molecule has 0 heterocycles. The summed E-state index contributed by atoms with van der Waals surface area (Å²) in [7, 11) is 0. The second-order valence-electron chi connectivity index (χ2n) is 2.29. The molecule has 0 fully saturated rings. The Labute approximate surface area is 114 Å². The molecule has 0 saturated carbocycles. The Morgan fingerprint density at radius 2 is 2.00 bits per heavy atom. The maximum Gasteiger partial charge on any atom is 1.00 e. The number of carbonyl (C=O) groups excluding carboxylic acids is 1. The van der Waals surface area contributed by atoms with Crippen molar-refractivity contribution >= 4 is 29.0 Å². The minimum Gasteiger partial charge on any atom is -0.878 e. The molecule has 5 heteroatoms. The number of halogens is 2. The molecule has 68 valence electrons. The average molecular weight is 239 g/mol. The van der Waals surface area contributed by atoms with Crippen molar-refractivity contribution in [2.45, 2.75) is 0 Å². The standard InChI is InChI=1S/C9H6Cl2O2.Na/c10-6-1-2-8(11)7(5-6)9(13)3-4-12;/h1-5,12H;/q;+1/p-1. The van der Waals surface area contributed by atoms with Gasteiger partial charge in [-0.2, -0.15) is 0 Å². The van der Waals surface area contributed by atoms with Gasteiger partial charge in [-0.15, -0.1) is 6.26 Å². The first-order valence-corrected chi connectivity index (χ1v) is 4.18. The van der Waals surface area contributed by atoms with E-state index in [2.05, 4.69) is 0 Å². The van der Waals surface area contributed by atoms with Gasteiger partial charge in [0, 0.05) is 10.6 Å². The van der Waals surface area contributed by atoms with Gasteiger partial charge in [0.2, 0.25) is 0 Å². The predicted molar refractivity (Wildman–Crippen MR) is 49.9 cm³/mol. The maximum atomic E-state index is 11.2. The summed E-state index contributed by atoms with van der Waals surface area (Å²) in [4.78, 5) is 11.2. The van der Waals surface area contributed by atoms with Crippen LogP contribution in [0.15, 0.2) is 30.5 Å². The topological polar surface area (TPSA) is 40.1 Å². The summed E-state index contributed by atoms with van der Waals surface area (Å²) in [5, 5.41) is 10.7. The molecule has 0 spiro atoms. The smallest absolute Gasteiger partial charge is 0.878 e.